The van der Waals surface area contributed by atoms with Crippen molar-refractivity contribution in [2.45, 2.75) is 44.1 Å². The van der Waals surface area contributed by atoms with Crippen LogP contribution in [0.25, 0.3) is 0 Å². The number of hydrogen-bond acceptors (Lipinski definition) is 3. The van der Waals surface area contributed by atoms with Gasteiger partial charge in [0.05, 0.1) is 6.10 Å². The van der Waals surface area contributed by atoms with E-state index in [1.807, 2.05) is 7.05 Å². The quantitative estimate of drug-likeness (QED) is 0.635. The maximum atomic E-state index is 5.69. The summed E-state index contributed by atoms with van der Waals surface area (Å²) in [5.41, 5.74) is 2.89. The number of benzene rings is 1. The molecule has 2 fully saturated rings. The molecule has 5 nitrogen and oxygen atoms in total. The molecule has 2 heterocycles. The van der Waals surface area contributed by atoms with Crippen LogP contribution >= 0.6 is 0 Å². The largest absolute Gasteiger partial charge is 0.381 e. The number of nitrogens with zero attached hydrogens (tertiary/aromatic N) is 1. The molecule has 5 heteroatoms. The molecule has 2 N–H and O–H groups in total. The molecule has 2 aliphatic rings. The summed E-state index contributed by atoms with van der Waals surface area (Å²) < 4.78 is 11.3. The van der Waals surface area contributed by atoms with E-state index in [9.17, 15) is 0 Å². The number of ether oxygens (including phenoxy) is 2. The lowest BCUT2D eigenvalue weighted by molar-refractivity contribution is 0.0511. The van der Waals surface area contributed by atoms with Gasteiger partial charge in [-0.25, -0.2) is 0 Å². The Balaban J connectivity index is 1.65. The zero-order chi connectivity index (χ0) is 17.5. The molecule has 0 radical (unpaired) electrons. The fraction of sp³-hybridized carbons (Fsp3) is 0.650. The van der Waals surface area contributed by atoms with Crippen LogP contribution in [-0.2, 0) is 14.9 Å². The fourth-order valence-electron chi connectivity index (χ4n) is 3.96. The van der Waals surface area contributed by atoms with Crippen molar-refractivity contribution in [3.8, 4) is 0 Å². The molecule has 138 valence electrons. The maximum Gasteiger partial charge on any atom is 0.191 e. The van der Waals surface area contributed by atoms with Crippen LogP contribution in [0.3, 0.4) is 0 Å². The van der Waals surface area contributed by atoms with E-state index in [2.05, 4.69) is 46.8 Å². The Kier molecular flexibility index (Phi) is 6.32. The summed E-state index contributed by atoms with van der Waals surface area (Å²) in [4.78, 5) is 4.39. The van der Waals surface area contributed by atoms with Crippen LogP contribution in [0.1, 0.15) is 36.8 Å². The first-order chi connectivity index (χ1) is 12.2. The minimum Gasteiger partial charge on any atom is -0.381 e. The topological polar surface area (TPSA) is 54.9 Å². The SMILES string of the molecule is CN=C(NCC1CCCO1)NCC1(c2ccccc2C)CCOCC1. The third kappa shape index (κ3) is 4.53. The van der Waals surface area contributed by atoms with Crippen LogP contribution in [0.2, 0.25) is 0 Å². The molecular formula is C20H31N3O2. The highest BCUT2D eigenvalue weighted by Gasteiger charge is 2.35. The van der Waals surface area contributed by atoms with Crippen molar-refractivity contribution in [3.63, 3.8) is 0 Å². The highest BCUT2D eigenvalue weighted by molar-refractivity contribution is 5.79. The van der Waals surface area contributed by atoms with Crippen LogP contribution in [0, 0.1) is 6.92 Å². The van der Waals surface area contributed by atoms with Gasteiger partial charge in [0.15, 0.2) is 5.96 Å². The molecule has 25 heavy (non-hydrogen) atoms. The third-order valence-corrected chi connectivity index (χ3v) is 5.51. The molecule has 2 saturated heterocycles. The Morgan fingerprint density at radius 3 is 2.68 bits per heavy atom. The second kappa shape index (κ2) is 8.68. The van der Waals surface area contributed by atoms with Crippen molar-refractivity contribution < 1.29 is 9.47 Å². The number of guanidine groups is 1. The van der Waals surface area contributed by atoms with E-state index < -0.39 is 0 Å². The third-order valence-electron chi connectivity index (χ3n) is 5.51. The molecular weight excluding hydrogens is 314 g/mol. The average molecular weight is 345 g/mol. The highest BCUT2D eigenvalue weighted by Crippen LogP contribution is 2.36. The zero-order valence-corrected chi connectivity index (χ0v) is 15.5. The Morgan fingerprint density at radius 1 is 1.20 bits per heavy atom. The molecule has 1 unspecified atom stereocenters. The number of hydrogen-bond donors (Lipinski definition) is 2. The van der Waals surface area contributed by atoms with Gasteiger partial charge in [-0.05, 0) is 43.7 Å². The summed E-state index contributed by atoms with van der Waals surface area (Å²) in [5, 5.41) is 6.97. The van der Waals surface area contributed by atoms with Crippen molar-refractivity contribution in [1.82, 2.24) is 10.6 Å². The van der Waals surface area contributed by atoms with E-state index in [4.69, 9.17) is 9.47 Å². The molecule has 1 aromatic rings. The Labute approximate surface area is 151 Å². The highest BCUT2D eigenvalue weighted by atomic mass is 16.5. The standard InChI is InChI=1S/C20H31N3O2/c1-16-6-3-4-8-18(16)20(9-12-24-13-10-20)15-23-19(21-2)22-14-17-7-5-11-25-17/h3-4,6,8,17H,5,7,9-15H2,1-2H3,(H2,21,22,23). The smallest absolute Gasteiger partial charge is 0.191 e. The lowest BCUT2D eigenvalue weighted by Gasteiger charge is -2.39. The van der Waals surface area contributed by atoms with E-state index in [1.165, 1.54) is 11.1 Å². The molecule has 0 aromatic heterocycles. The summed E-state index contributed by atoms with van der Waals surface area (Å²) in [7, 11) is 1.83. The molecule has 2 aliphatic heterocycles. The van der Waals surface area contributed by atoms with Crippen molar-refractivity contribution in [2.75, 3.05) is 40.0 Å². The zero-order valence-electron chi connectivity index (χ0n) is 15.5. The van der Waals surface area contributed by atoms with Crippen molar-refractivity contribution >= 4 is 5.96 Å². The maximum absolute atomic E-state index is 5.69. The van der Waals surface area contributed by atoms with Crippen LogP contribution in [-0.4, -0.2) is 52.0 Å². The van der Waals surface area contributed by atoms with E-state index >= 15 is 0 Å². The molecule has 1 aromatic carbocycles. The van der Waals surface area contributed by atoms with Gasteiger partial charge in [-0.3, -0.25) is 4.99 Å². The normalized spacial score (nSPS) is 23.4. The number of nitrogens with one attached hydrogen (secondary N) is 2. The van der Waals surface area contributed by atoms with Crippen LogP contribution in [0.4, 0.5) is 0 Å². The first-order valence-electron chi connectivity index (χ1n) is 9.43. The lowest BCUT2D eigenvalue weighted by atomic mass is 9.72. The van der Waals surface area contributed by atoms with Crippen LogP contribution in [0.15, 0.2) is 29.3 Å². The molecule has 0 spiro atoms. The molecule has 0 amide bonds. The second-order valence-electron chi connectivity index (χ2n) is 7.15. The van der Waals surface area contributed by atoms with Gasteiger partial charge in [0.25, 0.3) is 0 Å². The van der Waals surface area contributed by atoms with Crippen molar-refractivity contribution in [1.29, 1.82) is 0 Å². The lowest BCUT2D eigenvalue weighted by Crippen LogP contribution is -2.49. The van der Waals surface area contributed by atoms with Gasteiger partial charge >= 0.3 is 0 Å². The van der Waals surface area contributed by atoms with Gasteiger partial charge in [-0.1, -0.05) is 24.3 Å². The van der Waals surface area contributed by atoms with Crippen LogP contribution < -0.4 is 10.6 Å². The van der Waals surface area contributed by atoms with Gasteiger partial charge in [-0.2, -0.15) is 0 Å². The van der Waals surface area contributed by atoms with Crippen LogP contribution in [0.5, 0.6) is 0 Å². The van der Waals surface area contributed by atoms with Gasteiger partial charge in [0, 0.05) is 45.4 Å². The second-order valence-corrected chi connectivity index (χ2v) is 7.15. The summed E-state index contributed by atoms with van der Waals surface area (Å²) in [6.45, 7) is 6.41. The van der Waals surface area contributed by atoms with Crippen molar-refractivity contribution in [3.05, 3.63) is 35.4 Å². The number of aliphatic imine (C=N–C) groups is 1. The number of rotatable bonds is 5. The van der Waals surface area contributed by atoms with E-state index in [-0.39, 0.29) is 5.41 Å². The predicted octanol–water partition coefficient (Wildman–Crippen LogP) is 2.39. The molecule has 0 bridgehead atoms. The van der Waals surface area contributed by atoms with Gasteiger partial charge in [-0.15, -0.1) is 0 Å². The first-order valence-corrected chi connectivity index (χ1v) is 9.43. The van der Waals surface area contributed by atoms with E-state index in [0.29, 0.717) is 6.10 Å². The summed E-state index contributed by atoms with van der Waals surface area (Å²) in [6, 6.07) is 8.73. The number of aryl methyl sites for hydroxylation is 1. The minimum atomic E-state index is 0.102. The van der Waals surface area contributed by atoms with Gasteiger partial charge in [0.2, 0.25) is 0 Å². The first kappa shape index (κ1) is 18.2. The Hall–Kier alpha value is -1.59. The molecule has 3 rings (SSSR count). The minimum absolute atomic E-state index is 0.102. The van der Waals surface area contributed by atoms with Gasteiger partial charge < -0.3 is 20.1 Å². The van der Waals surface area contributed by atoms with E-state index in [0.717, 1.165) is 64.6 Å². The molecule has 1 atom stereocenters. The van der Waals surface area contributed by atoms with Crippen molar-refractivity contribution in [2.24, 2.45) is 4.99 Å². The average Bonchev–Trinajstić information content (AvgIpc) is 3.16. The monoisotopic (exact) mass is 345 g/mol. The summed E-state index contributed by atoms with van der Waals surface area (Å²) in [6.07, 6.45) is 4.68. The predicted molar refractivity (Wildman–Crippen MR) is 101 cm³/mol. The summed E-state index contributed by atoms with van der Waals surface area (Å²) >= 11 is 0. The Morgan fingerprint density at radius 2 is 2.00 bits per heavy atom. The summed E-state index contributed by atoms with van der Waals surface area (Å²) in [5.74, 6) is 0.856. The van der Waals surface area contributed by atoms with Gasteiger partial charge in [0.1, 0.15) is 0 Å². The van der Waals surface area contributed by atoms with E-state index in [1.54, 1.807) is 0 Å². The molecule has 0 saturated carbocycles. The molecule has 0 aliphatic carbocycles. The fourth-order valence-corrected chi connectivity index (χ4v) is 3.96. The Bertz CT molecular complexity index is 576.